The third-order valence-electron chi connectivity index (χ3n) is 3.75. The van der Waals surface area contributed by atoms with Crippen LogP contribution in [0.15, 0.2) is 0 Å². The predicted octanol–water partition coefficient (Wildman–Crippen LogP) is 2.55. The van der Waals surface area contributed by atoms with E-state index in [2.05, 4.69) is 12.2 Å². The van der Waals surface area contributed by atoms with E-state index in [-0.39, 0.29) is 5.35 Å². The van der Waals surface area contributed by atoms with Crippen LogP contribution in [0.1, 0.15) is 71.1 Å². The van der Waals surface area contributed by atoms with Gasteiger partial charge in [-0.05, 0) is 32.2 Å². The molecule has 1 heterocycles. The molecule has 1 aliphatic heterocycles. The molecule has 3 heteroatoms. The average Bonchev–Trinajstić information content (AvgIpc) is 2.33. The van der Waals surface area contributed by atoms with Gasteiger partial charge < -0.3 is 4.74 Å². The minimum absolute atomic E-state index is 0.112. The van der Waals surface area contributed by atoms with Crippen LogP contribution in [0, 0.1) is 0 Å². The summed E-state index contributed by atoms with van der Waals surface area (Å²) >= 11 is 0. The van der Waals surface area contributed by atoms with Crippen molar-refractivity contribution >= 4 is 10.2 Å². The number of hydrogen-bond acceptors (Lipinski definition) is 2. The van der Waals surface area contributed by atoms with Crippen molar-refractivity contribution < 1.29 is 4.74 Å². The first-order valence-corrected chi connectivity index (χ1v) is 8.66. The van der Waals surface area contributed by atoms with Gasteiger partial charge in [0.2, 0.25) is 0 Å². The summed E-state index contributed by atoms with van der Waals surface area (Å²) in [4.78, 5) is 0. The molecule has 102 valence electrons. The van der Waals surface area contributed by atoms with Gasteiger partial charge in [-0.1, -0.05) is 45.4 Å². The smallest absolute Gasteiger partial charge is 0.0946 e. The van der Waals surface area contributed by atoms with Crippen LogP contribution >= 0.6 is 0 Å². The normalized spacial score (nSPS) is 25.2. The highest BCUT2D eigenvalue weighted by molar-refractivity contribution is 6.14. The first kappa shape index (κ1) is 15.2. The summed E-state index contributed by atoms with van der Waals surface area (Å²) < 4.78 is 5.88. The van der Waals surface area contributed by atoms with Gasteiger partial charge in [-0.3, -0.25) is 5.32 Å². The lowest BCUT2D eigenvalue weighted by molar-refractivity contribution is -0.0398. The van der Waals surface area contributed by atoms with Crippen molar-refractivity contribution in [3.8, 4) is 0 Å². The highest BCUT2D eigenvalue weighted by Crippen LogP contribution is 2.18. The second-order valence-electron chi connectivity index (χ2n) is 5.58. The van der Waals surface area contributed by atoms with Gasteiger partial charge in [0.1, 0.15) is 0 Å². The summed E-state index contributed by atoms with van der Waals surface area (Å²) in [6.07, 6.45) is 13.6. The Balaban J connectivity index is 1.89. The third-order valence-corrected chi connectivity index (χ3v) is 4.89. The van der Waals surface area contributed by atoms with Crippen molar-refractivity contribution in [3.63, 3.8) is 0 Å². The Bertz CT molecular complexity index is 181. The third kappa shape index (κ3) is 7.22. The van der Waals surface area contributed by atoms with E-state index < -0.39 is 0 Å². The van der Waals surface area contributed by atoms with Gasteiger partial charge in [0.05, 0.1) is 15.6 Å². The van der Waals surface area contributed by atoms with Crippen LogP contribution in [-0.4, -0.2) is 28.7 Å². The van der Waals surface area contributed by atoms with Gasteiger partial charge in [0, 0.05) is 6.61 Å². The molecule has 0 amide bonds. The van der Waals surface area contributed by atoms with Crippen molar-refractivity contribution in [2.75, 3.05) is 13.2 Å². The second-order valence-corrected chi connectivity index (χ2v) is 7.20. The Labute approximate surface area is 110 Å². The van der Waals surface area contributed by atoms with Gasteiger partial charge in [-0.15, -0.1) is 0 Å². The molecule has 1 atom stereocenters. The zero-order valence-electron chi connectivity index (χ0n) is 11.9. The summed E-state index contributed by atoms with van der Waals surface area (Å²) in [5, 5.41) is 3.75. The Hall–Kier alpha value is 0.137. The molecular formula is C14H31NOSi. The molecule has 0 aliphatic carbocycles. The van der Waals surface area contributed by atoms with E-state index in [1.165, 1.54) is 64.2 Å². The van der Waals surface area contributed by atoms with Gasteiger partial charge >= 0.3 is 0 Å². The molecule has 0 aromatic heterocycles. The fourth-order valence-corrected chi connectivity index (χ4v) is 3.32. The van der Waals surface area contributed by atoms with Crippen LogP contribution in [0.3, 0.4) is 0 Å². The van der Waals surface area contributed by atoms with E-state index in [0.29, 0.717) is 0 Å². The summed E-state index contributed by atoms with van der Waals surface area (Å²) in [7, 11) is 1.12. The molecule has 0 aromatic carbocycles. The Morgan fingerprint density at radius 3 is 2.41 bits per heavy atom. The summed E-state index contributed by atoms with van der Waals surface area (Å²) in [6, 6.07) is 0. The standard InChI is InChI=1S/C14H31NOSi/c1-2-3-4-5-6-7-9-12-15-14(17)11-8-10-13-16-14/h15H,2-13H2,1,17H3. The van der Waals surface area contributed by atoms with E-state index in [4.69, 9.17) is 4.74 Å². The van der Waals surface area contributed by atoms with E-state index in [1.807, 2.05) is 0 Å². The van der Waals surface area contributed by atoms with Crippen molar-refractivity contribution in [2.45, 2.75) is 76.5 Å². The highest BCUT2D eigenvalue weighted by atomic mass is 28.1. The minimum atomic E-state index is 0.112. The first-order valence-electron chi connectivity index (χ1n) is 7.66. The molecule has 1 aliphatic rings. The molecule has 0 aromatic rings. The largest absolute Gasteiger partial charge is 0.365 e. The summed E-state index contributed by atoms with van der Waals surface area (Å²) in [6.45, 7) is 4.39. The van der Waals surface area contributed by atoms with Crippen LogP contribution < -0.4 is 5.32 Å². The maximum atomic E-state index is 5.88. The van der Waals surface area contributed by atoms with Crippen molar-refractivity contribution in [2.24, 2.45) is 0 Å². The molecule has 1 unspecified atom stereocenters. The van der Waals surface area contributed by atoms with Gasteiger partial charge in [0.15, 0.2) is 0 Å². The number of hydrogen-bond donors (Lipinski definition) is 1. The van der Waals surface area contributed by atoms with Gasteiger partial charge in [-0.25, -0.2) is 0 Å². The molecule has 2 nitrogen and oxygen atoms in total. The number of unbranched alkanes of at least 4 members (excludes halogenated alkanes) is 6. The zero-order chi connectivity index (χ0) is 12.4. The molecule has 0 saturated carbocycles. The van der Waals surface area contributed by atoms with E-state index in [9.17, 15) is 0 Å². The monoisotopic (exact) mass is 257 g/mol. The SMILES string of the molecule is CCCCCCCCCNC1([SiH3])CCCCO1. The van der Waals surface area contributed by atoms with Crippen LogP contribution in [0.4, 0.5) is 0 Å². The van der Waals surface area contributed by atoms with Crippen molar-refractivity contribution in [1.29, 1.82) is 0 Å². The van der Waals surface area contributed by atoms with E-state index in [1.54, 1.807) is 0 Å². The van der Waals surface area contributed by atoms with Gasteiger partial charge in [-0.2, -0.15) is 0 Å². The minimum Gasteiger partial charge on any atom is -0.365 e. The Kier molecular flexibility index (Phi) is 8.15. The Morgan fingerprint density at radius 2 is 1.76 bits per heavy atom. The number of nitrogens with one attached hydrogen (secondary N) is 1. The lowest BCUT2D eigenvalue weighted by Crippen LogP contribution is -2.50. The molecule has 0 spiro atoms. The van der Waals surface area contributed by atoms with Crippen LogP contribution in [0.5, 0.6) is 0 Å². The molecule has 0 radical (unpaired) electrons. The topological polar surface area (TPSA) is 21.3 Å². The van der Waals surface area contributed by atoms with E-state index >= 15 is 0 Å². The average molecular weight is 257 g/mol. The highest BCUT2D eigenvalue weighted by Gasteiger charge is 2.25. The lowest BCUT2D eigenvalue weighted by Gasteiger charge is -2.35. The van der Waals surface area contributed by atoms with Crippen LogP contribution in [0.25, 0.3) is 0 Å². The molecule has 0 bridgehead atoms. The van der Waals surface area contributed by atoms with Crippen LogP contribution in [0.2, 0.25) is 0 Å². The number of rotatable bonds is 9. The lowest BCUT2D eigenvalue weighted by atomic mass is 10.1. The van der Waals surface area contributed by atoms with E-state index in [0.717, 1.165) is 23.4 Å². The fourth-order valence-electron chi connectivity index (χ4n) is 2.51. The first-order chi connectivity index (χ1) is 8.27. The molecule has 1 fully saturated rings. The molecular weight excluding hydrogens is 226 g/mol. The second kappa shape index (κ2) is 9.12. The van der Waals surface area contributed by atoms with Crippen molar-refractivity contribution in [1.82, 2.24) is 5.32 Å². The maximum absolute atomic E-state index is 5.88. The van der Waals surface area contributed by atoms with Gasteiger partial charge in [0.25, 0.3) is 0 Å². The van der Waals surface area contributed by atoms with Crippen LogP contribution in [-0.2, 0) is 4.74 Å². The summed E-state index contributed by atoms with van der Waals surface area (Å²) in [5.41, 5.74) is 0. The summed E-state index contributed by atoms with van der Waals surface area (Å²) in [5.74, 6) is 0. The molecule has 1 rings (SSSR count). The maximum Gasteiger partial charge on any atom is 0.0946 e. The molecule has 1 saturated heterocycles. The predicted molar refractivity (Wildman–Crippen MR) is 78.5 cm³/mol. The zero-order valence-corrected chi connectivity index (χ0v) is 13.9. The molecule has 1 N–H and O–H groups in total. The van der Waals surface area contributed by atoms with Crippen molar-refractivity contribution in [3.05, 3.63) is 0 Å². The molecule has 17 heavy (non-hydrogen) atoms. The number of ether oxygens (including phenoxy) is 1. The Morgan fingerprint density at radius 1 is 1.06 bits per heavy atom. The fraction of sp³-hybridized carbons (Fsp3) is 1.00. The quantitative estimate of drug-likeness (QED) is 0.506.